The second-order valence-corrected chi connectivity index (χ2v) is 5.93. The Bertz CT molecular complexity index is 550. The van der Waals surface area contributed by atoms with Gasteiger partial charge in [0, 0.05) is 13.1 Å². The standard InChI is InChI=1S/C19H22FN/c20-19-10-8-17(9-11-19)18-7-4-13-21(15-18)14-12-16-5-2-1-3-6-16/h1-3,5-6,8-11,18H,4,7,12-15H2. The van der Waals surface area contributed by atoms with Crippen LogP contribution >= 0.6 is 0 Å². The van der Waals surface area contributed by atoms with Gasteiger partial charge in [-0.25, -0.2) is 4.39 Å². The molecule has 110 valence electrons. The molecule has 1 aliphatic heterocycles. The van der Waals surface area contributed by atoms with Gasteiger partial charge in [0.2, 0.25) is 0 Å². The molecule has 1 atom stereocenters. The molecule has 1 saturated heterocycles. The van der Waals surface area contributed by atoms with Gasteiger partial charge in [-0.05, 0) is 55.0 Å². The highest BCUT2D eigenvalue weighted by Crippen LogP contribution is 2.27. The molecule has 3 rings (SSSR count). The van der Waals surface area contributed by atoms with Crippen molar-refractivity contribution in [2.75, 3.05) is 19.6 Å². The number of hydrogen-bond acceptors (Lipinski definition) is 1. The minimum absolute atomic E-state index is 0.143. The van der Waals surface area contributed by atoms with Gasteiger partial charge >= 0.3 is 0 Å². The van der Waals surface area contributed by atoms with E-state index in [1.165, 1.54) is 30.5 Å². The van der Waals surface area contributed by atoms with E-state index in [4.69, 9.17) is 0 Å². The number of halogens is 1. The first-order valence-electron chi connectivity index (χ1n) is 7.83. The number of nitrogens with zero attached hydrogens (tertiary/aromatic N) is 1. The van der Waals surface area contributed by atoms with E-state index < -0.39 is 0 Å². The van der Waals surface area contributed by atoms with E-state index in [1.807, 2.05) is 12.1 Å². The van der Waals surface area contributed by atoms with E-state index >= 15 is 0 Å². The van der Waals surface area contributed by atoms with Gasteiger partial charge in [-0.1, -0.05) is 42.5 Å². The molecule has 1 fully saturated rings. The van der Waals surface area contributed by atoms with Gasteiger partial charge < -0.3 is 4.90 Å². The largest absolute Gasteiger partial charge is 0.302 e. The highest BCUT2D eigenvalue weighted by molar-refractivity contribution is 5.21. The fraction of sp³-hybridized carbons (Fsp3) is 0.368. The molecular weight excluding hydrogens is 261 g/mol. The molecule has 21 heavy (non-hydrogen) atoms. The second kappa shape index (κ2) is 6.86. The number of likely N-dealkylation sites (tertiary alicyclic amines) is 1. The van der Waals surface area contributed by atoms with Crippen LogP contribution in [-0.2, 0) is 6.42 Å². The lowest BCUT2D eigenvalue weighted by Crippen LogP contribution is -2.35. The van der Waals surface area contributed by atoms with E-state index in [2.05, 4.69) is 35.2 Å². The van der Waals surface area contributed by atoms with Crippen LogP contribution in [0.4, 0.5) is 4.39 Å². The molecule has 0 aliphatic carbocycles. The maximum atomic E-state index is 13.0. The molecule has 0 radical (unpaired) electrons. The van der Waals surface area contributed by atoms with Gasteiger partial charge in [0.15, 0.2) is 0 Å². The third-order valence-corrected chi connectivity index (χ3v) is 4.41. The van der Waals surface area contributed by atoms with Gasteiger partial charge in [-0.3, -0.25) is 0 Å². The lowest BCUT2D eigenvalue weighted by molar-refractivity contribution is 0.210. The SMILES string of the molecule is Fc1ccc(C2CCCN(CCc3ccccc3)C2)cc1. The smallest absolute Gasteiger partial charge is 0.123 e. The fourth-order valence-electron chi connectivity index (χ4n) is 3.20. The summed E-state index contributed by atoms with van der Waals surface area (Å²) in [5, 5.41) is 0. The number of piperidine rings is 1. The summed E-state index contributed by atoms with van der Waals surface area (Å²) in [5.41, 5.74) is 2.68. The Balaban J connectivity index is 1.57. The molecular formula is C19H22FN. The average molecular weight is 283 g/mol. The topological polar surface area (TPSA) is 3.24 Å². The van der Waals surface area contributed by atoms with E-state index in [0.717, 1.165) is 19.5 Å². The van der Waals surface area contributed by atoms with Gasteiger partial charge in [0.1, 0.15) is 5.82 Å². The van der Waals surface area contributed by atoms with E-state index in [-0.39, 0.29) is 5.82 Å². The van der Waals surface area contributed by atoms with Crippen LogP contribution in [0, 0.1) is 5.82 Å². The zero-order chi connectivity index (χ0) is 14.5. The van der Waals surface area contributed by atoms with Crippen molar-refractivity contribution in [2.24, 2.45) is 0 Å². The molecule has 1 heterocycles. The first-order valence-corrected chi connectivity index (χ1v) is 7.83. The molecule has 0 bridgehead atoms. The Labute approximate surface area is 126 Å². The average Bonchev–Trinajstić information content (AvgIpc) is 2.55. The Morgan fingerprint density at radius 3 is 2.52 bits per heavy atom. The Morgan fingerprint density at radius 2 is 1.76 bits per heavy atom. The third-order valence-electron chi connectivity index (χ3n) is 4.41. The first kappa shape index (κ1) is 14.3. The maximum absolute atomic E-state index is 13.0. The monoisotopic (exact) mass is 283 g/mol. The minimum atomic E-state index is -0.143. The summed E-state index contributed by atoms with van der Waals surface area (Å²) in [6.45, 7) is 3.39. The number of rotatable bonds is 4. The quantitative estimate of drug-likeness (QED) is 0.811. The van der Waals surface area contributed by atoms with Crippen LogP contribution in [0.1, 0.15) is 29.9 Å². The van der Waals surface area contributed by atoms with Crippen LogP contribution in [0.15, 0.2) is 54.6 Å². The van der Waals surface area contributed by atoms with Gasteiger partial charge in [0.05, 0.1) is 0 Å². The highest BCUT2D eigenvalue weighted by Gasteiger charge is 2.20. The summed E-state index contributed by atoms with van der Waals surface area (Å²) in [7, 11) is 0. The molecule has 2 aromatic carbocycles. The fourth-order valence-corrected chi connectivity index (χ4v) is 3.20. The van der Waals surface area contributed by atoms with E-state index in [0.29, 0.717) is 5.92 Å². The maximum Gasteiger partial charge on any atom is 0.123 e. The second-order valence-electron chi connectivity index (χ2n) is 5.93. The van der Waals surface area contributed by atoms with Gasteiger partial charge in [-0.15, -0.1) is 0 Å². The number of benzene rings is 2. The molecule has 0 saturated carbocycles. The molecule has 0 spiro atoms. The minimum Gasteiger partial charge on any atom is -0.302 e. The highest BCUT2D eigenvalue weighted by atomic mass is 19.1. The Kier molecular flexibility index (Phi) is 4.66. The zero-order valence-electron chi connectivity index (χ0n) is 12.3. The predicted octanol–water partition coefficient (Wildman–Crippen LogP) is 4.25. The summed E-state index contributed by atoms with van der Waals surface area (Å²) in [5.74, 6) is 0.408. The molecule has 2 aromatic rings. The molecule has 0 N–H and O–H groups in total. The Morgan fingerprint density at radius 1 is 1.00 bits per heavy atom. The van der Waals surface area contributed by atoms with Crippen molar-refractivity contribution in [3.05, 3.63) is 71.5 Å². The normalized spacial score (nSPS) is 19.6. The van der Waals surface area contributed by atoms with Crippen LogP contribution in [0.5, 0.6) is 0 Å². The first-order chi connectivity index (χ1) is 10.3. The summed E-state index contributed by atoms with van der Waals surface area (Å²) >= 11 is 0. The van der Waals surface area contributed by atoms with Crippen LogP contribution in [0.3, 0.4) is 0 Å². The van der Waals surface area contributed by atoms with E-state index in [1.54, 1.807) is 12.1 Å². The number of hydrogen-bond donors (Lipinski definition) is 0. The molecule has 0 aromatic heterocycles. The third kappa shape index (κ3) is 3.92. The van der Waals surface area contributed by atoms with Crippen molar-refractivity contribution in [2.45, 2.75) is 25.2 Å². The molecule has 0 amide bonds. The molecule has 1 aliphatic rings. The summed E-state index contributed by atoms with van der Waals surface area (Å²) in [4.78, 5) is 2.55. The summed E-state index contributed by atoms with van der Waals surface area (Å²) in [6, 6.07) is 17.7. The van der Waals surface area contributed by atoms with Crippen molar-refractivity contribution in [3.63, 3.8) is 0 Å². The van der Waals surface area contributed by atoms with Crippen molar-refractivity contribution in [1.29, 1.82) is 0 Å². The lowest BCUT2D eigenvalue weighted by atomic mass is 9.90. The lowest BCUT2D eigenvalue weighted by Gasteiger charge is -2.33. The van der Waals surface area contributed by atoms with Crippen molar-refractivity contribution < 1.29 is 4.39 Å². The molecule has 2 heteroatoms. The van der Waals surface area contributed by atoms with Gasteiger partial charge in [-0.2, -0.15) is 0 Å². The van der Waals surface area contributed by atoms with Crippen LogP contribution < -0.4 is 0 Å². The molecule has 1 nitrogen and oxygen atoms in total. The zero-order valence-corrected chi connectivity index (χ0v) is 12.3. The Hall–Kier alpha value is -1.67. The van der Waals surface area contributed by atoms with Crippen molar-refractivity contribution in [1.82, 2.24) is 4.90 Å². The van der Waals surface area contributed by atoms with Crippen molar-refractivity contribution in [3.8, 4) is 0 Å². The van der Waals surface area contributed by atoms with Crippen LogP contribution in [0.25, 0.3) is 0 Å². The summed E-state index contributed by atoms with van der Waals surface area (Å²) in [6.07, 6.45) is 3.56. The molecule has 1 unspecified atom stereocenters. The van der Waals surface area contributed by atoms with Gasteiger partial charge in [0.25, 0.3) is 0 Å². The summed E-state index contributed by atoms with van der Waals surface area (Å²) < 4.78 is 13.0. The van der Waals surface area contributed by atoms with E-state index in [9.17, 15) is 4.39 Å². The van der Waals surface area contributed by atoms with Crippen LogP contribution in [0.2, 0.25) is 0 Å². The van der Waals surface area contributed by atoms with Crippen molar-refractivity contribution >= 4 is 0 Å². The predicted molar refractivity (Wildman–Crippen MR) is 85.0 cm³/mol. The van der Waals surface area contributed by atoms with Crippen LogP contribution in [-0.4, -0.2) is 24.5 Å².